The number of nitrogens with one attached hydrogen (secondary N) is 1. The number of hydrogen-bond acceptors (Lipinski definition) is 4. The first-order valence-electron chi connectivity index (χ1n) is 4.49. The Balaban J connectivity index is 2.27. The smallest absolute Gasteiger partial charge is 0.259 e. The zero-order chi connectivity index (χ0) is 10.4. The van der Waals surface area contributed by atoms with Crippen LogP contribution in [0.3, 0.4) is 0 Å². The molecule has 1 N–H and O–H groups in total. The molecule has 1 aromatic rings. The van der Waals surface area contributed by atoms with Crippen molar-refractivity contribution in [3.05, 3.63) is 28.8 Å². The summed E-state index contributed by atoms with van der Waals surface area (Å²) in [7, 11) is 0. The fraction of sp³-hybridized carbons (Fsp3) is 0.200. The normalized spacial score (nSPS) is 17.9. The molecule has 0 saturated heterocycles. The number of carbonyl (C=O) groups is 2. The topological polar surface area (TPSA) is 64.6 Å². The Kier molecular flexibility index (Phi) is 1.58. The van der Waals surface area contributed by atoms with Gasteiger partial charge >= 0.3 is 0 Å². The molecule has 2 aliphatic rings. The number of fused-ring (bicyclic) bond motifs is 3. The Morgan fingerprint density at radius 2 is 2.07 bits per heavy atom. The maximum absolute atomic E-state index is 11.5. The largest absolute Gasteiger partial charge is 0.467 e. The molecule has 2 heterocycles. The molecule has 5 heteroatoms. The second kappa shape index (κ2) is 2.80. The summed E-state index contributed by atoms with van der Waals surface area (Å²) >= 11 is 0. The predicted octanol–water partition coefficient (Wildman–Crippen LogP) is 0.437. The van der Waals surface area contributed by atoms with Crippen molar-refractivity contribution in [2.45, 2.75) is 6.61 Å². The van der Waals surface area contributed by atoms with Crippen LogP contribution in [0, 0.1) is 0 Å². The molecule has 0 unspecified atom stereocenters. The van der Waals surface area contributed by atoms with E-state index in [9.17, 15) is 9.59 Å². The maximum atomic E-state index is 11.5. The number of benzene rings is 1. The van der Waals surface area contributed by atoms with E-state index >= 15 is 0 Å². The van der Waals surface area contributed by atoms with Crippen molar-refractivity contribution < 1.29 is 19.1 Å². The van der Waals surface area contributed by atoms with Crippen molar-refractivity contribution in [3.63, 3.8) is 0 Å². The van der Waals surface area contributed by atoms with Crippen LogP contribution >= 0.6 is 0 Å². The molecule has 2 aliphatic heterocycles. The minimum absolute atomic E-state index is 0.182. The number of imide groups is 1. The third-order valence-electron chi connectivity index (χ3n) is 2.51. The zero-order valence-corrected chi connectivity index (χ0v) is 7.70. The van der Waals surface area contributed by atoms with Gasteiger partial charge in [-0.2, -0.15) is 0 Å². The number of hydrogen-bond donors (Lipinski definition) is 1. The molecule has 0 saturated carbocycles. The standard InChI is InChI=1S/C10H7NO4/c12-9-5-1-2-7-6(3-14-4-15-7)8(5)10(13)11-9/h1-2H,3-4H2,(H,11,12,13). The molecule has 0 spiro atoms. The maximum Gasteiger partial charge on any atom is 0.259 e. The second-order valence-electron chi connectivity index (χ2n) is 3.36. The first-order valence-corrected chi connectivity index (χ1v) is 4.49. The molecule has 5 nitrogen and oxygen atoms in total. The molecule has 15 heavy (non-hydrogen) atoms. The molecule has 2 amide bonds. The number of ether oxygens (including phenoxy) is 2. The highest BCUT2D eigenvalue weighted by molar-refractivity contribution is 6.22. The van der Waals surface area contributed by atoms with Gasteiger partial charge in [0.25, 0.3) is 11.8 Å². The average molecular weight is 205 g/mol. The summed E-state index contributed by atoms with van der Waals surface area (Å²) in [5, 5.41) is 2.24. The van der Waals surface area contributed by atoms with E-state index < -0.39 is 0 Å². The van der Waals surface area contributed by atoms with Crippen LogP contribution in [0.15, 0.2) is 12.1 Å². The van der Waals surface area contributed by atoms with Crippen molar-refractivity contribution in [3.8, 4) is 5.75 Å². The third kappa shape index (κ3) is 1.07. The monoisotopic (exact) mass is 205 g/mol. The predicted molar refractivity (Wildman–Crippen MR) is 48.5 cm³/mol. The van der Waals surface area contributed by atoms with Crippen molar-refractivity contribution in [2.24, 2.45) is 0 Å². The van der Waals surface area contributed by atoms with Gasteiger partial charge in [-0.1, -0.05) is 0 Å². The van der Waals surface area contributed by atoms with Crippen molar-refractivity contribution >= 4 is 11.8 Å². The average Bonchev–Trinajstić information content (AvgIpc) is 2.55. The summed E-state index contributed by atoms with van der Waals surface area (Å²) in [6.45, 7) is 0.487. The highest BCUT2D eigenvalue weighted by atomic mass is 16.7. The van der Waals surface area contributed by atoms with E-state index in [-0.39, 0.29) is 18.6 Å². The molecular weight excluding hydrogens is 198 g/mol. The van der Waals surface area contributed by atoms with Crippen LogP contribution in [0.25, 0.3) is 0 Å². The summed E-state index contributed by atoms with van der Waals surface area (Å²) in [6, 6.07) is 3.29. The summed E-state index contributed by atoms with van der Waals surface area (Å²) in [4.78, 5) is 22.9. The quantitative estimate of drug-likeness (QED) is 0.624. The number of amides is 2. The summed E-state index contributed by atoms with van der Waals surface area (Å²) < 4.78 is 10.3. The molecule has 0 aliphatic carbocycles. The van der Waals surface area contributed by atoms with E-state index in [2.05, 4.69) is 5.32 Å². The molecule has 0 bridgehead atoms. The summed E-state index contributed by atoms with van der Waals surface area (Å²) in [6.07, 6.45) is 0. The van der Waals surface area contributed by atoms with Gasteiger partial charge in [0.1, 0.15) is 5.75 Å². The van der Waals surface area contributed by atoms with Crippen molar-refractivity contribution in [2.75, 3.05) is 6.79 Å². The van der Waals surface area contributed by atoms with Crippen LogP contribution in [0.1, 0.15) is 26.3 Å². The van der Waals surface area contributed by atoms with E-state index in [0.29, 0.717) is 29.0 Å². The second-order valence-corrected chi connectivity index (χ2v) is 3.36. The molecule has 0 fully saturated rings. The Bertz CT molecular complexity index is 481. The van der Waals surface area contributed by atoms with Gasteiger partial charge in [0, 0.05) is 5.56 Å². The molecule has 1 aromatic carbocycles. The lowest BCUT2D eigenvalue weighted by Gasteiger charge is -2.18. The van der Waals surface area contributed by atoms with Crippen LogP contribution in [-0.4, -0.2) is 18.6 Å². The van der Waals surface area contributed by atoms with Gasteiger partial charge in [0.05, 0.1) is 17.7 Å². The van der Waals surface area contributed by atoms with Gasteiger partial charge in [-0.05, 0) is 12.1 Å². The van der Waals surface area contributed by atoms with Crippen LogP contribution in [0.4, 0.5) is 0 Å². The summed E-state index contributed by atoms with van der Waals surface area (Å²) in [5.74, 6) is -0.117. The van der Waals surface area contributed by atoms with Crippen molar-refractivity contribution in [1.82, 2.24) is 5.32 Å². The van der Waals surface area contributed by atoms with E-state index in [4.69, 9.17) is 9.47 Å². The lowest BCUT2D eigenvalue weighted by Crippen LogP contribution is -2.21. The lowest BCUT2D eigenvalue weighted by molar-refractivity contribution is -0.0167. The van der Waals surface area contributed by atoms with Crippen molar-refractivity contribution in [1.29, 1.82) is 0 Å². The summed E-state index contributed by atoms with van der Waals surface area (Å²) in [5.41, 5.74) is 1.44. The van der Waals surface area contributed by atoms with Gasteiger partial charge in [-0.3, -0.25) is 14.9 Å². The van der Waals surface area contributed by atoms with Gasteiger partial charge in [0.15, 0.2) is 6.79 Å². The Labute approximate surface area is 85.0 Å². The van der Waals surface area contributed by atoms with Gasteiger partial charge in [-0.25, -0.2) is 0 Å². The molecule has 0 radical (unpaired) electrons. The SMILES string of the molecule is O=C1NC(=O)c2c1ccc1c2COCO1. The molecular formula is C10H7NO4. The Morgan fingerprint density at radius 3 is 2.93 bits per heavy atom. The first-order chi connectivity index (χ1) is 7.27. The minimum Gasteiger partial charge on any atom is -0.467 e. The van der Waals surface area contributed by atoms with Crippen LogP contribution < -0.4 is 10.1 Å². The van der Waals surface area contributed by atoms with E-state index in [0.717, 1.165) is 0 Å². The fourth-order valence-electron chi connectivity index (χ4n) is 1.84. The van der Waals surface area contributed by atoms with Crippen LogP contribution in [0.2, 0.25) is 0 Å². The fourth-order valence-corrected chi connectivity index (χ4v) is 1.84. The zero-order valence-electron chi connectivity index (χ0n) is 7.70. The lowest BCUT2D eigenvalue weighted by atomic mass is 10.0. The van der Waals surface area contributed by atoms with Gasteiger partial charge < -0.3 is 9.47 Å². The molecule has 0 aromatic heterocycles. The van der Waals surface area contributed by atoms with Gasteiger partial charge in [0.2, 0.25) is 0 Å². The van der Waals surface area contributed by atoms with E-state index in [1.165, 1.54) is 0 Å². The van der Waals surface area contributed by atoms with Gasteiger partial charge in [-0.15, -0.1) is 0 Å². The number of rotatable bonds is 0. The Morgan fingerprint density at radius 1 is 1.20 bits per heavy atom. The van der Waals surface area contributed by atoms with E-state index in [1.807, 2.05) is 0 Å². The van der Waals surface area contributed by atoms with Crippen LogP contribution in [-0.2, 0) is 11.3 Å². The highest BCUT2D eigenvalue weighted by Crippen LogP contribution is 2.31. The first kappa shape index (κ1) is 8.43. The molecule has 3 rings (SSSR count). The highest BCUT2D eigenvalue weighted by Gasteiger charge is 2.32. The Hall–Kier alpha value is -1.88. The number of carbonyl (C=O) groups excluding carboxylic acids is 2. The minimum atomic E-state index is -0.374. The van der Waals surface area contributed by atoms with Crippen LogP contribution in [0.5, 0.6) is 5.75 Å². The molecule has 0 atom stereocenters. The molecule has 76 valence electrons. The third-order valence-corrected chi connectivity index (χ3v) is 2.51. The van der Waals surface area contributed by atoms with E-state index in [1.54, 1.807) is 12.1 Å².